The van der Waals surface area contributed by atoms with E-state index in [0.29, 0.717) is 16.4 Å². The number of anilines is 3. The monoisotopic (exact) mass is 502 g/mol. The van der Waals surface area contributed by atoms with Crippen LogP contribution < -0.4 is 10.6 Å². The number of rotatable bonds is 8. The third-order valence-electron chi connectivity index (χ3n) is 5.04. The van der Waals surface area contributed by atoms with E-state index in [9.17, 15) is 9.18 Å². The maximum atomic E-state index is 12.7. The van der Waals surface area contributed by atoms with Gasteiger partial charge in [0.1, 0.15) is 0 Å². The summed E-state index contributed by atoms with van der Waals surface area (Å²) >= 11 is 10.0. The zero-order valence-corrected chi connectivity index (χ0v) is 19.9. The smallest absolute Gasteiger partial charge is 0.255 e. The maximum absolute atomic E-state index is 12.7. The molecular weight excluding hydrogens is 479 g/mol. The predicted octanol–water partition coefficient (Wildman–Crippen LogP) is 8.07. The van der Waals surface area contributed by atoms with Gasteiger partial charge in [-0.1, -0.05) is 65.1 Å². The Labute approximate surface area is 196 Å². The molecule has 0 spiro atoms. The van der Waals surface area contributed by atoms with Gasteiger partial charge in [0.25, 0.3) is 5.91 Å². The predicted molar refractivity (Wildman–Crippen MR) is 132 cm³/mol. The van der Waals surface area contributed by atoms with Gasteiger partial charge < -0.3 is 10.6 Å². The Bertz CT molecular complexity index is 1090. The van der Waals surface area contributed by atoms with Crippen molar-refractivity contribution < 1.29 is 9.18 Å². The van der Waals surface area contributed by atoms with E-state index < -0.39 is 12.6 Å². The van der Waals surface area contributed by atoms with Crippen molar-refractivity contribution in [3.8, 4) is 11.1 Å². The van der Waals surface area contributed by atoms with Crippen molar-refractivity contribution in [1.82, 2.24) is 0 Å². The zero-order valence-electron chi connectivity index (χ0n) is 17.6. The van der Waals surface area contributed by atoms with Crippen LogP contribution in [-0.2, 0) is 11.2 Å². The molecule has 0 aliphatic heterocycles. The summed E-state index contributed by atoms with van der Waals surface area (Å²) in [4.78, 5) is 11.5. The second kappa shape index (κ2) is 10.8. The van der Waals surface area contributed by atoms with E-state index in [-0.39, 0.29) is 0 Å². The largest absolute Gasteiger partial charge is 0.354 e. The fourth-order valence-electron chi connectivity index (χ4n) is 3.38. The molecule has 6 heteroatoms. The number of amides is 1. The number of hydrogen-bond acceptors (Lipinski definition) is 2. The van der Waals surface area contributed by atoms with Crippen LogP contribution in [0.15, 0.2) is 59.1 Å². The first-order valence-electron chi connectivity index (χ1n) is 10.2. The molecule has 3 rings (SSSR count). The van der Waals surface area contributed by atoms with E-state index in [1.807, 2.05) is 24.3 Å². The lowest BCUT2D eigenvalue weighted by Crippen LogP contribution is -2.14. The third kappa shape index (κ3) is 6.08. The van der Waals surface area contributed by atoms with Crippen LogP contribution in [0, 0.1) is 6.92 Å². The average Bonchev–Trinajstić information content (AvgIpc) is 2.75. The van der Waals surface area contributed by atoms with Crippen LogP contribution in [0.3, 0.4) is 0 Å². The summed E-state index contributed by atoms with van der Waals surface area (Å²) in [5, 5.41) is 6.46. The highest BCUT2D eigenvalue weighted by atomic mass is 79.9. The van der Waals surface area contributed by atoms with Crippen LogP contribution in [0.5, 0.6) is 0 Å². The summed E-state index contributed by atoms with van der Waals surface area (Å²) in [5.74, 6) is -0.701. The van der Waals surface area contributed by atoms with Gasteiger partial charge in [0, 0.05) is 15.7 Å². The Balaban J connectivity index is 1.88. The van der Waals surface area contributed by atoms with Crippen molar-refractivity contribution in [1.29, 1.82) is 0 Å². The first-order chi connectivity index (χ1) is 14.9. The lowest BCUT2D eigenvalue weighted by molar-refractivity contribution is -0.117. The zero-order chi connectivity index (χ0) is 22.4. The molecule has 0 bridgehead atoms. The van der Waals surface area contributed by atoms with E-state index in [4.69, 9.17) is 11.6 Å². The summed E-state index contributed by atoms with van der Waals surface area (Å²) in [6.07, 6.45) is 3.37. The van der Waals surface area contributed by atoms with Gasteiger partial charge in [0.15, 0.2) is 6.67 Å². The SMILES string of the molecule is CCCCc1ccc(C)c(-c2ccc(Nc3ccc(Br)cc3NC(=O)CF)cc2Cl)c1. The van der Waals surface area contributed by atoms with Gasteiger partial charge in [-0.3, -0.25) is 4.79 Å². The molecule has 0 saturated heterocycles. The standard InChI is InChI=1S/C25H25BrClFN2O/c1-3-4-5-17-7-6-16(2)21(12-17)20-10-9-19(14-22(20)27)29-23-11-8-18(26)13-24(23)30-25(31)15-28/h6-14,29H,3-5,15H2,1-2H3,(H,30,31). The van der Waals surface area contributed by atoms with Crippen LogP contribution in [0.1, 0.15) is 30.9 Å². The molecule has 0 unspecified atom stereocenters. The van der Waals surface area contributed by atoms with E-state index >= 15 is 0 Å². The van der Waals surface area contributed by atoms with Gasteiger partial charge in [-0.15, -0.1) is 0 Å². The van der Waals surface area contributed by atoms with Gasteiger partial charge >= 0.3 is 0 Å². The summed E-state index contributed by atoms with van der Waals surface area (Å²) in [6, 6.07) is 17.7. The molecule has 3 nitrogen and oxygen atoms in total. The highest BCUT2D eigenvalue weighted by Crippen LogP contribution is 2.35. The van der Waals surface area contributed by atoms with E-state index in [0.717, 1.165) is 40.5 Å². The van der Waals surface area contributed by atoms with Crippen molar-refractivity contribution in [2.45, 2.75) is 33.1 Å². The van der Waals surface area contributed by atoms with Crippen LogP contribution in [0.25, 0.3) is 11.1 Å². The first kappa shape index (κ1) is 23.3. The van der Waals surface area contributed by atoms with E-state index in [1.54, 1.807) is 12.1 Å². The number of nitrogens with one attached hydrogen (secondary N) is 2. The minimum Gasteiger partial charge on any atom is -0.354 e. The number of alkyl halides is 1. The topological polar surface area (TPSA) is 41.1 Å². The molecule has 3 aromatic carbocycles. The number of unbranched alkanes of at least 4 members (excludes halogenated alkanes) is 1. The Kier molecular flexibility index (Phi) is 8.10. The number of carbonyl (C=O) groups excluding carboxylic acids is 1. The average molecular weight is 504 g/mol. The molecule has 1 amide bonds. The molecule has 0 aliphatic carbocycles. The lowest BCUT2D eigenvalue weighted by atomic mass is 9.96. The Hall–Kier alpha value is -2.37. The van der Waals surface area contributed by atoms with Crippen LogP contribution >= 0.6 is 27.5 Å². The summed E-state index contributed by atoms with van der Waals surface area (Å²) in [5.41, 5.74) is 6.49. The second-order valence-corrected chi connectivity index (χ2v) is 8.77. The molecule has 0 aliphatic rings. The van der Waals surface area contributed by atoms with Crippen LogP contribution in [-0.4, -0.2) is 12.6 Å². The van der Waals surface area contributed by atoms with Crippen molar-refractivity contribution in [3.63, 3.8) is 0 Å². The molecule has 0 radical (unpaired) electrons. The Morgan fingerprint density at radius 3 is 2.55 bits per heavy atom. The summed E-state index contributed by atoms with van der Waals surface area (Å²) < 4.78 is 13.4. The van der Waals surface area contributed by atoms with Gasteiger partial charge in [-0.25, -0.2) is 4.39 Å². The highest BCUT2D eigenvalue weighted by Gasteiger charge is 2.11. The van der Waals surface area contributed by atoms with E-state index in [2.05, 4.69) is 58.6 Å². The Morgan fingerprint density at radius 2 is 1.84 bits per heavy atom. The van der Waals surface area contributed by atoms with Crippen LogP contribution in [0.4, 0.5) is 21.5 Å². The highest BCUT2D eigenvalue weighted by molar-refractivity contribution is 9.10. The van der Waals surface area contributed by atoms with E-state index in [1.165, 1.54) is 11.1 Å². The minimum atomic E-state index is -1.08. The van der Waals surface area contributed by atoms with Crippen molar-refractivity contribution in [2.24, 2.45) is 0 Å². The number of halogens is 3. The van der Waals surface area contributed by atoms with Crippen LogP contribution in [0.2, 0.25) is 5.02 Å². The number of carbonyl (C=O) groups is 1. The molecule has 0 atom stereocenters. The summed E-state index contributed by atoms with van der Waals surface area (Å²) in [6.45, 7) is 3.20. The molecule has 0 heterocycles. The third-order valence-corrected chi connectivity index (χ3v) is 5.84. The van der Waals surface area contributed by atoms with Gasteiger partial charge in [-0.2, -0.15) is 0 Å². The molecule has 2 N–H and O–H groups in total. The molecule has 3 aromatic rings. The van der Waals surface area contributed by atoms with Gasteiger partial charge in [0.2, 0.25) is 0 Å². The fourth-order valence-corrected chi connectivity index (χ4v) is 4.02. The van der Waals surface area contributed by atoms with Gasteiger partial charge in [0.05, 0.1) is 16.4 Å². The lowest BCUT2D eigenvalue weighted by Gasteiger charge is -2.15. The molecule has 162 valence electrons. The van der Waals surface area contributed by atoms with Gasteiger partial charge in [-0.05, 0) is 66.8 Å². The normalized spacial score (nSPS) is 10.7. The van der Waals surface area contributed by atoms with Crippen molar-refractivity contribution in [3.05, 3.63) is 75.2 Å². The maximum Gasteiger partial charge on any atom is 0.255 e. The van der Waals surface area contributed by atoms with Crippen molar-refractivity contribution >= 4 is 50.5 Å². The first-order valence-corrected chi connectivity index (χ1v) is 11.4. The minimum absolute atomic E-state index is 0.483. The number of hydrogen-bond donors (Lipinski definition) is 2. The Morgan fingerprint density at radius 1 is 1.03 bits per heavy atom. The quantitative estimate of drug-likeness (QED) is 0.326. The fraction of sp³-hybridized carbons (Fsp3) is 0.240. The molecule has 0 aromatic heterocycles. The number of aryl methyl sites for hydroxylation is 2. The molecule has 31 heavy (non-hydrogen) atoms. The molecule has 0 saturated carbocycles. The molecular formula is C25H25BrClFN2O. The van der Waals surface area contributed by atoms with Crippen molar-refractivity contribution in [2.75, 3.05) is 17.3 Å². The molecule has 0 fully saturated rings. The summed E-state index contributed by atoms with van der Waals surface area (Å²) in [7, 11) is 0. The number of benzene rings is 3. The second-order valence-electron chi connectivity index (χ2n) is 7.44.